The van der Waals surface area contributed by atoms with Crippen molar-refractivity contribution in [3.63, 3.8) is 0 Å². The molecule has 39 heavy (non-hydrogen) atoms. The molecule has 3 rings (SSSR count). The van der Waals surface area contributed by atoms with Crippen molar-refractivity contribution >= 4 is 11.9 Å². The average Bonchev–Trinajstić information content (AvgIpc) is 3.17. The van der Waals surface area contributed by atoms with Gasteiger partial charge in [-0.15, -0.1) is 0 Å². The summed E-state index contributed by atoms with van der Waals surface area (Å²) in [5.74, 6) is 0.167. The topological polar surface area (TPSA) is 116 Å². The Bertz CT molecular complexity index is 1130. The van der Waals surface area contributed by atoms with Gasteiger partial charge in [0.25, 0.3) is 11.9 Å². The molecule has 1 aromatic heterocycles. The van der Waals surface area contributed by atoms with E-state index in [1.165, 1.54) is 33.6 Å². The van der Waals surface area contributed by atoms with Gasteiger partial charge in [0.2, 0.25) is 0 Å². The minimum atomic E-state index is -0.833. The predicted octanol–water partition coefficient (Wildman–Crippen LogP) is 7.20. The van der Waals surface area contributed by atoms with Crippen LogP contribution in [-0.4, -0.2) is 36.8 Å². The average molecular weight is 633 g/mol. The molecule has 0 atom stereocenters. The molecule has 8 heteroatoms. The van der Waals surface area contributed by atoms with Crippen LogP contribution >= 0.6 is 0 Å². The first-order valence-electron chi connectivity index (χ1n) is 13.0. The van der Waals surface area contributed by atoms with Gasteiger partial charge >= 0.3 is 193 Å². The first kappa shape index (κ1) is 36.2. The summed E-state index contributed by atoms with van der Waals surface area (Å²) in [6.45, 7) is 20.4. The van der Waals surface area contributed by atoms with E-state index in [1.54, 1.807) is 0 Å². The molecule has 3 aromatic rings. The Hall–Kier alpha value is -2.79. The predicted molar refractivity (Wildman–Crippen MR) is 155 cm³/mol. The molecule has 0 aliphatic carbocycles. The van der Waals surface area contributed by atoms with Crippen molar-refractivity contribution in [2.45, 2.75) is 92.9 Å². The van der Waals surface area contributed by atoms with Crippen molar-refractivity contribution in [1.29, 1.82) is 0 Å². The molecule has 0 spiro atoms. The van der Waals surface area contributed by atoms with E-state index in [4.69, 9.17) is 19.8 Å². The van der Waals surface area contributed by atoms with Crippen LogP contribution in [-0.2, 0) is 28.3 Å². The van der Waals surface area contributed by atoms with Gasteiger partial charge in [-0.1, -0.05) is 0 Å². The quantitative estimate of drug-likeness (QED) is 0.280. The summed E-state index contributed by atoms with van der Waals surface area (Å²) in [5.41, 5.74) is 8.18. The van der Waals surface area contributed by atoms with E-state index in [-0.39, 0.29) is 5.48 Å². The van der Waals surface area contributed by atoms with Gasteiger partial charge in [-0.3, -0.25) is 9.59 Å². The zero-order valence-electron chi connectivity index (χ0n) is 24.8. The van der Waals surface area contributed by atoms with Crippen LogP contribution in [0, 0.1) is 3.89 Å². The zero-order chi connectivity index (χ0) is 29.3. The monoisotopic (exact) mass is 632 g/mol. The molecule has 0 aliphatic rings. The number of imidazole rings is 1. The molecule has 7 nitrogen and oxygen atoms in total. The van der Waals surface area contributed by atoms with Gasteiger partial charge in [-0.25, -0.2) is 0 Å². The molecule has 0 bridgehead atoms. The van der Waals surface area contributed by atoms with Crippen molar-refractivity contribution < 1.29 is 44.0 Å². The molecule has 4 N–H and O–H groups in total. The number of carboxylic acids is 2. The Balaban J connectivity index is 0.00000142. The number of carboxylic acid groups (broad SMARTS) is 2. The fourth-order valence-electron chi connectivity index (χ4n) is 4.26. The van der Waals surface area contributed by atoms with Crippen LogP contribution in [0.25, 0.3) is 11.4 Å². The Morgan fingerprint density at radius 3 is 1.00 bits per heavy atom. The Labute approximate surface area is 243 Å². The van der Waals surface area contributed by atoms with Gasteiger partial charge in [-0.2, -0.15) is 0 Å². The van der Waals surface area contributed by atoms with Crippen LogP contribution in [0.4, 0.5) is 0 Å². The summed E-state index contributed by atoms with van der Waals surface area (Å²) in [6.07, 6.45) is 4.43. The molecular weight excluding hydrogens is 587 g/mol. The third-order valence-electron chi connectivity index (χ3n) is 5.90. The molecule has 0 unspecified atom stereocenters. The van der Waals surface area contributed by atoms with Crippen LogP contribution in [0.3, 0.4) is 0 Å². The number of rotatable bonds is 6. The fourth-order valence-corrected chi connectivity index (χ4v) is 4.84. The summed E-state index contributed by atoms with van der Waals surface area (Å²) in [7, 11) is 0. The number of carbonyl (C=O) groups is 2. The van der Waals surface area contributed by atoms with Gasteiger partial charge < -0.3 is 15.7 Å². The fraction of sp³-hybridized carbons (Fsp3) is 0.452. The van der Waals surface area contributed by atoms with E-state index in [2.05, 4.69) is 132 Å². The first-order chi connectivity index (χ1) is 17.6. The summed E-state index contributed by atoms with van der Waals surface area (Å²) in [6, 6.07) is 13.5. The van der Waals surface area contributed by atoms with E-state index in [9.17, 15) is 0 Å². The van der Waals surface area contributed by atoms with Gasteiger partial charge in [0.15, 0.2) is 0 Å². The Morgan fingerprint density at radius 2 is 0.821 bits per heavy atom. The molecule has 220 valence electrons. The second-order valence-electron chi connectivity index (χ2n) is 10.5. The van der Waals surface area contributed by atoms with Crippen molar-refractivity contribution in [2.24, 2.45) is 0 Å². The minimum Gasteiger partial charge on any atom is -0.412 e. The molecule has 0 aliphatic heterocycles. The standard InChI is InChI=1S/C27H36N2.2C2H4O2.H2O.Pd/c1-18(2)22-11-9-12-23(19(3)4)26(22)28-15-16-29(17-28)27-24(20(5)6)13-10-14-25(27)21(7)8;2*1-2(3)4;;/h9-16,18-21H,1-8H3;2*1H3,(H,3,4);1H2;. The molecule has 2 aromatic carbocycles. The molecule has 1 heterocycles. The largest absolute Gasteiger partial charge is 0.412 e. The normalized spacial score (nSPS) is 10.6. The zero-order valence-corrected chi connectivity index (χ0v) is 26.4. The first-order valence-corrected chi connectivity index (χ1v) is 13.8. The van der Waals surface area contributed by atoms with E-state index < -0.39 is 11.9 Å². The molecular formula is C31H46N2O5Pd. The summed E-state index contributed by atoms with van der Waals surface area (Å²) in [5, 5.41) is 14.8. The van der Waals surface area contributed by atoms with Gasteiger partial charge in [0.05, 0.1) is 0 Å². The van der Waals surface area contributed by atoms with Gasteiger partial charge in [0, 0.05) is 13.8 Å². The molecule has 0 fully saturated rings. The van der Waals surface area contributed by atoms with Crippen LogP contribution in [0.15, 0.2) is 48.8 Å². The van der Waals surface area contributed by atoms with Crippen LogP contribution in [0.2, 0.25) is 0 Å². The van der Waals surface area contributed by atoms with Crippen molar-refractivity contribution in [3.8, 4) is 11.4 Å². The number of hydrogen-bond acceptors (Lipinski definition) is 2. The van der Waals surface area contributed by atoms with E-state index in [1.807, 2.05) is 0 Å². The SMILES string of the molecule is CC(=O)O.CC(=O)O.CC(C)c1cccc(C(C)C)c1-n1ccn(-c2c(C(C)C)cccc2C(C)C)[c]1=[Pd].O. The number of aromatic nitrogens is 2. The second kappa shape index (κ2) is 16.3. The van der Waals surface area contributed by atoms with Crippen LogP contribution < -0.4 is 0 Å². The Morgan fingerprint density at radius 1 is 0.615 bits per heavy atom. The number of para-hydroxylation sites is 2. The maximum Gasteiger partial charge on any atom is -0.412 e. The third kappa shape index (κ3) is 10.0. The Kier molecular flexibility index (Phi) is 15.2. The summed E-state index contributed by atoms with van der Waals surface area (Å²) < 4.78 is 5.78. The van der Waals surface area contributed by atoms with Gasteiger partial charge in [0.1, 0.15) is 0 Å². The van der Waals surface area contributed by atoms with Crippen LogP contribution in [0.1, 0.15) is 115 Å². The number of nitrogens with zero attached hydrogens (tertiary/aromatic N) is 2. The molecule has 0 saturated heterocycles. The summed E-state index contributed by atoms with van der Waals surface area (Å²) in [4.78, 5) is 18.0. The van der Waals surface area contributed by atoms with Gasteiger partial charge in [-0.05, 0) is 0 Å². The number of benzene rings is 2. The number of aliphatic carboxylic acids is 2. The maximum absolute atomic E-state index is 9.00. The van der Waals surface area contributed by atoms with Crippen molar-refractivity contribution in [2.75, 3.05) is 0 Å². The summed E-state index contributed by atoms with van der Waals surface area (Å²) >= 11 is 3.64. The molecule has 0 radical (unpaired) electrons. The molecule has 0 amide bonds. The van der Waals surface area contributed by atoms with E-state index >= 15 is 0 Å². The van der Waals surface area contributed by atoms with E-state index in [0.29, 0.717) is 23.7 Å². The number of hydrogen-bond donors (Lipinski definition) is 2. The minimum absolute atomic E-state index is 0. The maximum atomic E-state index is 9.00. The van der Waals surface area contributed by atoms with Crippen molar-refractivity contribution in [3.05, 3.63) is 74.9 Å². The van der Waals surface area contributed by atoms with Crippen LogP contribution in [0.5, 0.6) is 0 Å². The second-order valence-corrected chi connectivity index (χ2v) is 11.2. The van der Waals surface area contributed by atoms with E-state index in [0.717, 1.165) is 17.7 Å². The smallest absolute Gasteiger partial charge is 0.412 e. The molecule has 0 saturated carbocycles. The van der Waals surface area contributed by atoms with Crippen molar-refractivity contribution in [1.82, 2.24) is 9.13 Å². The third-order valence-corrected chi connectivity index (χ3v) is 6.65.